The van der Waals surface area contributed by atoms with Crippen LogP contribution in [0.5, 0.6) is 5.75 Å². The number of benzene rings is 3. The molecule has 144 valence electrons. The van der Waals surface area contributed by atoms with Gasteiger partial charge in [0.05, 0.1) is 6.42 Å². The molecule has 0 aliphatic carbocycles. The highest BCUT2D eigenvalue weighted by Crippen LogP contribution is 2.28. The first-order valence-electron chi connectivity index (χ1n) is 9.32. The molecule has 0 heterocycles. The number of hydrogen-bond acceptors (Lipinski definition) is 3. The Balaban J connectivity index is 1.83. The maximum atomic E-state index is 11.0. The van der Waals surface area contributed by atoms with Gasteiger partial charge in [0.2, 0.25) is 0 Å². The summed E-state index contributed by atoms with van der Waals surface area (Å²) in [5, 5.41) is 9.07. The number of rotatable bonds is 7. The molecule has 0 saturated heterocycles. The van der Waals surface area contributed by atoms with Gasteiger partial charge >= 0.3 is 5.97 Å². The van der Waals surface area contributed by atoms with Gasteiger partial charge in [-0.1, -0.05) is 48.5 Å². The molecule has 4 heteroatoms. The van der Waals surface area contributed by atoms with E-state index in [1.54, 1.807) is 12.1 Å². The van der Waals surface area contributed by atoms with Crippen molar-refractivity contribution in [1.82, 2.24) is 0 Å². The highest BCUT2D eigenvalue weighted by Gasteiger charge is 2.09. The summed E-state index contributed by atoms with van der Waals surface area (Å²) >= 11 is 0. The van der Waals surface area contributed by atoms with Crippen LogP contribution in [0.1, 0.15) is 35.2 Å². The van der Waals surface area contributed by atoms with Crippen molar-refractivity contribution in [3.63, 3.8) is 0 Å². The van der Waals surface area contributed by atoms with E-state index in [2.05, 4.69) is 31.2 Å². The maximum Gasteiger partial charge on any atom is 0.307 e. The number of carbonyl (C=O) groups is 1. The van der Waals surface area contributed by atoms with Crippen LogP contribution < -0.4 is 10.5 Å². The molecule has 3 aromatic carbocycles. The number of aryl methyl sites for hydroxylation is 1. The first-order valence-corrected chi connectivity index (χ1v) is 9.32. The molecule has 0 aliphatic heterocycles. The van der Waals surface area contributed by atoms with Gasteiger partial charge in [-0.2, -0.15) is 0 Å². The summed E-state index contributed by atoms with van der Waals surface area (Å²) in [7, 11) is 0. The van der Waals surface area contributed by atoms with E-state index in [0.29, 0.717) is 17.9 Å². The fourth-order valence-electron chi connectivity index (χ4n) is 3.17. The molecular formula is C24H25NO3. The third-order valence-electron chi connectivity index (χ3n) is 4.73. The minimum Gasteiger partial charge on any atom is -0.489 e. The maximum absolute atomic E-state index is 11.0. The predicted molar refractivity (Wildman–Crippen MR) is 111 cm³/mol. The molecule has 0 aliphatic rings. The summed E-state index contributed by atoms with van der Waals surface area (Å²) in [6.45, 7) is 4.43. The van der Waals surface area contributed by atoms with Crippen LogP contribution in [-0.2, 0) is 17.8 Å². The molecule has 0 fully saturated rings. The van der Waals surface area contributed by atoms with Gasteiger partial charge in [-0.3, -0.25) is 4.79 Å². The zero-order valence-electron chi connectivity index (χ0n) is 16.2. The second kappa shape index (κ2) is 8.72. The van der Waals surface area contributed by atoms with E-state index in [1.165, 1.54) is 5.56 Å². The van der Waals surface area contributed by atoms with Crippen molar-refractivity contribution < 1.29 is 14.6 Å². The lowest BCUT2D eigenvalue weighted by atomic mass is 9.95. The summed E-state index contributed by atoms with van der Waals surface area (Å²) in [6, 6.07) is 21.7. The number of nitrogens with two attached hydrogens (primary N) is 1. The van der Waals surface area contributed by atoms with Gasteiger partial charge in [0.25, 0.3) is 0 Å². The van der Waals surface area contributed by atoms with Crippen molar-refractivity contribution in [2.45, 2.75) is 32.9 Å². The van der Waals surface area contributed by atoms with Gasteiger partial charge < -0.3 is 15.6 Å². The molecule has 0 saturated carbocycles. The van der Waals surface area contributed by atoms with Crippen LogP contribution in [0.25, 0.3) is 11.1 Å². The smallest absolute Gasteiger partial charge is 0.307 e. The molecule has 0 amide bonds. The monoisotopic (exact) mass is 375 g/mol. The Morgan fingerprint density at radius 2 is 1.86 bits per heavy atom. The lowest BCUT2D eigenvalue weighted by molar-refractivity contribution is -0.136. The summed E-state index contributed by atoms with van der Waals surface area (Å²) < 4.78 is 5.93. The minimum atomic E-state index is -0.873. The first kappa shape index (κ1) is 19.6. The molecule has 0 bridgehead atoms. The average Bonchev–Trinajstić information content (AvgIpc) is 2.68. The molecule has 28 heavy (non-hydrogen) atoms. The van der Waals surface area contributed by atoms with Crippen molar-refractivity contribution >= 4 is 5.97 Å². The average molecular weight is 375 g/mol. The molecule has 1 atom stereocenters. The van der Waals surface area contributed by atoms with Crippen LogP contribution in [0.15, 0.2) is 66.7 Å². The van der Waals surface area contributed by atoms with Gasteiger partial charge in [0.1, 0.15) is 12.4 Å². The number of carboxylic acids is 1. The molecule has 3 rings (SSSR count). The quantitative estimate of drug-likeness (QED) is 0.617. The third-order valence-corrected chi connectivity index (χ3v) is 4.73. The van der Waals surface area contributed by atoms with Crippen LogP contribution in [0.2, 0.25) is 0 Å². The molecule has 3 aromatic rings. The van der Waals surface area contributed by atoms with Crippen molar-refractivity contribution in [2.75, 3.05) is 0 Å². The Morgan fingerprint density at radius 3 is 2.61 bits per heavy atom. The highest BCUT2D eigenvalue weighted by molar-refractivity contribution is 5.71. The molecule has 0 spiro atoms. The Labute approximate surface area is 165 Å². The Hall–Kier alpha value is -3.11. The van der Waals surface area contributed by atoms with Gasteiger partial charge in [0, 0.05) is 11.6 Å². The van der Waals surface area contributed by atoms with Crippen LogP contribution in [0.4, 0.5) is 0 Å². The molecule has 3 N–H and O–H groups in total. The molecule has 4 nitrogen and oxygen atoms in total. The topological polar surface area (TPSA) is 72.5 Å². The summed E-state index contributed by atoms with van der Waals surface area (Å²) in [6.07, 6.45) is -0.0562. The van der Waals surface area contributed by atoms with Crippen LogP contribution in [0.3, 0.4) is 0 Å². The van der Waals surface area contributed by atoms with E-state index in [9.17, 15) is 4.79 Å². The van der Waals surface area contributed by atoms with Gasteiger partial charge in [0.15, 0.2) is 0 Å². The van der Waals surface area contributed by atoms with Crippen LogP contribution in [-0.4, -0.2) is 11.1 Å². The second-order valence-electron chi connectivity index (χ2n) is 7.03. The number of hydrogen-bond donors (Lipinski definition) is 2. The van der Waals surface area contributed by atoms with Crippen LogP contribution >= 0.6 is 0 Å². The Kier molecular flexibility index (Phi) is 6.12. The molecule has 0 unspecified atom stereocenters. The lowest BCUT2D eigenvalue weighted by Crippen LogP contribution is -2.05. The van der Waals surface area contributed by atoms with E-state index in [-0.39, 0.29) is 12.5 Å². The minimum absolute atomic E-state index is 0.0162. The Bertz CT molecular complexity index is 979. The lowest BCUT2D eigenvalue weighted by Gasteiger charge is -2.14. The van der Waals surface area contributed by atoms with E-state index in [4.69, 9.17) is 15.6 Å². The molecular weight excluding hydrogens is 350 g/mol. The number of ether oxygens (including phenoxy) is 1. The fraction of sp³-hybridized carbons (Fsp3) is 0.208. The highest BCUT2D eigenvalue weighted by atomic mass is 16.5. The third kappa shape index (κ3) is 4.78. The first-order chi connectivity index (χ1) is 13.4. The predicted octanol–water partition coefficient (Wildman–Crippen LogP) is 4.89. The SMILES string of the molecule is Cc1ccc(COc2ccccc2CC(=O)O)cc1-c1cccc([C@@H](C)N)c1. The van der Waals surface area contributed by atoms with E-state index < -0.39 is 5.97 Å². The largest absolute Gasteiger partial charge is 0.489 e. The number of carboxylic acid groups (broad SMARTS) is 1. The van der Waals surface area contributed by atoms with Gasteiger partial charge in [-0.25, -0.2) is 0 Å². The van der Waals surface area contributed by atoms with Crippen molar-refractivity contribution in [3.05, 3.63) is 89.0 Å². The van der Waals surface area contributed by atoms with Crippen molar-refractivity contribution in [1.29, 1.82) is 0 Å². The van der Waals surface area contributed by atoms with Gasteiger partial charge in [-0.05, 0) is 59.9 Å². The standard InChI is InChI=1S/C24H25NO3/c1-16-10-11-18(12-22(16)20-8-5-7-19(13-20)17(2)25)15-28-23-9-4-3-6-21(23)14-24(26)27/h3-13,17H,14-15,25H2,1-2H3,(H,26,27)/t17-/m1/s1. The fourth-order valence-corrected chi connectivity index (χ4v) is 3.17. The van der Waals surface area contributed by atoms with E-state index in [0.717, 1.165) is 22.3 Å². The van der Waals surface area contributed by atoms with E-state index in [1.807, 2.05) is 37.3 Å². The Morgan fingerprint density at radius 1 is 1.07 bits per heavy atom. The van der Waals surface area contributed by atoms with E-state index >= 15 is 0 Å². The molecule has 0 aromatic heterocycles. The number of para-hydroxylation sites is 1. The van der Waals surface area contributed by atoms with Crippen molar-refractivity contribution in [3.8, 4) is 16.9 Å². The van der Waals surface area contributed by atoms with Gasteiger partial charge in [-0.15, -0.1) is 0 Å². The zero-order chi connectivity index (χ0) is 20.1. The number of aliphatic carboxylic acids is 1. The summed E-state index contributed by atoms with van der Waals surface area (Å²) in [5.41, 5.74) is 12.3. The zero-order valence-corrected chi connectivity index (χ0v) is 16.2. The molecule has 0 radical (unpaired) electrons. The summed E-state index contributed by atoms with van der Waals surface area (Å²) in [5.74, 6) is -0.270. The normalized spacial score (nSPS) is 11.8. The second-order valence-corrected chi connectivity index (χ2v) is 7.03. The van der Waals surface area contributed by atoms with Crippen molar-refractivity contribution in [2.24, 2.45) is 5.73 Å². The summed E-state index contributed by atoms with van der Waals surface area (Å²) in [4.78, 5) is 11.0. The van der Waals surface area contributed by atoms with Crippen LogP contribution in [0, 0.1) is 6.92 Å².